The first-order valence-corrected chi connectivity index (χ1v) is 9.87. The molecule has 0 fully saturated rings. The fourth-order valence-electron chi connectivity index (χ4n) is 2.79. The topological polar surface area (TPSA) is 47.6 Å². The molecule has 0 bridgehead atoms. The first-order valence-electron chi connectivity index (χ1n) is 8.72. The summed E-state index contributed by atoms with van der Waals surface area (Å²) in [5.41, 5.74) is 3.50. The van der Waals surface area contributed by atoms with Crippen LogP contribution in [0.2, 0.25) is 0 Å². The van der Waals surface area contributed by atoms with Gasteiger partial charge in [-0.1, -0.05) is 42.8 Å². The van der Waals surface area contributed by atoms with Crippen LogP contribution >= 0.6 is 11.8 Å². The van der Waals surface area contributed by atoms with Gasteiger partial charge in [0.2, 0.25) is 5.91 Å². The van der Waals surface area contributed by atoms with Crippen molar-refractivity contribution in [2.75, 3.05) is 20.0 Å². The van der Waals surface area contributed by atoms with Gasteiger partial charge in [0.05, 0.1) is 26.0 Å². The number of aryl methyl sites for hydroxylation is 1. The van der Waals surface area contributed by atoms with Crippen LogP contribution < -0.4 is 14.8 Å². The molecule has 140 valence electrons. The molecule has 26 heavy (non-hydrogen) atoms. The van der Waals surface area contributed by atoms with E-state index in [0.29, 0.717) is 17.3 Å². The van der Waals surface area contributed by atoms with E-state index in [0.717, 1.165) is 17.7 Å². The van der Waals surface area contributed by atoms with E-state index in [2.05, 4.69) is 43.4 Å². The second-order valence-electron chi connectivity index (χ2n) is 6.12. The van der Waals surface area contributed by atoms with Gasteiger partial charge in [0, 0.05) is 5.75 Å². The van der Waals surface area contributed by atoms with E-state index >= 15 is 0 Å². The monoisotopic (exact) mass is 373 g/mol. The highest BCUT2D eigenvalue weighted by atomic mass is 32.2. The molecule has 0 unspecified atom stereocenters. The van der Waals surface area contributed by atoms with Gasteiger partial charge in [-0.15, -0.1) is 11.8 Å². The Morgan fingerprint density at radius 3 is 2.54 bits per heavy atom. The summed E-state index contributed by atoms with van der Waals surface area (Å²) < 4.78 is 10.6. The van der Waals surface area contributed by atoms with Crippen LogP contribution in [-0.4, -0.2) is 25.9 Å². The molecule has 2 aromatic rings. The second kappa shape index (κ2) is 10.1. The highest BCUT2D eigenvalue weighted by Crippen LogP contribution is 2.30. The molecule has 0 saturated carbocycles. The van der Waals surface area contributed by atoms with Crippen LogP contribution in [0.25, 0.3) is 0 Å². The number of methoxy groups -OCH3 is 2. The van der Waals surface area contributed by atoms with Gasteiger partial charge in [0.25, 0.3) is 0 Å². The third kappa shape index (κ3) is 5.70. The number of amides is 1. The molecule has 0 aromatic heterocycles. The van der Waals surface area contributed by atoms with Gasteiger partial charge in [-0.25, -0.2) is 0 Å². The number of hydrogen-bond acceptors (Lipinski definition) is 4. The summed E-state index contributed by atoms with van der Waals surface area (Å²) in [6, 6.07) is 14.1. The van der Waals surface area contributed by atoms with E-state index < -0.39 is 0 Å². The number of thioether (sulfide) groups is 1. The largest absolute Gasteiger partial charge is 0.493 e. The Labute approximate surface area is 160 Å². The van der Waals surface area contributed by atoms with E-state index in [1.54, 1.807) is 26.0 Å². The molecule has 0 heterocycles. The van der Waals surface area contributed by atoms with Crippen molar-refractivity contribution in [2.45, 2.75) is 32.1 Å². The van der Waals surface area contributed by atoms with E-state index in [4.69, 9.17) is 9.47 Å². The van der Waals surface area contributed by atoms with Crippen molar-refractivity contribution in [2.24, 2.45) is 0 Å². The first kappa shape index (κ1) is 20.2. The van der Waals surface area contributed by atoms with E-state index in [9.17, 15) is 4.79 Å². The molecule has 5 heteroatoms. The van der Waals surface area contributed by atoms with Gasteiger partial charge in [0.1, 0.15) is 0 Å². The quantitative estimate of drug-likeness (QED) is 0.702. The Kier molecular flexibility index (Phi) is 7.85. The maximum Gasteiger partial charge on any atom is 0.230 e. The molecule has 0 radical (unpaired) electrons. The third-order valence-corrected chi connectivity index (χ3v) is 5.14. The summed E-state index contributed by atoms with van der Waals surface area (Å²) >= 11 is 1.63. The van der Waals surface area contributed by atoms with Crippen molar-refractivity contribution in [3.05, 3.63) is 59.2 Å². The fraction of sp³-hybridized carbons (Fsp3) is 0.381. The molecule has 0 spiro atoms. The number of hydrogen-bond donors (Lipinski definition) is 1. The molecule has 4 nitrogen and oxygen atoms in total. The minimum atomic E-state index is -0.0399. The van der Waals surface area contributed by atoms with Crippen LogP contribution in [0.1, 0.15) is 36.1 Å². The van der Waals surface area contributed by atoms with E-state index in [-0.39, 0.29) is 11.9 Å². The van der Waals surface area contributed by atoms with Crippen LogP contribution in [0, 0.1) is 6.92 Å². The number of rotatable bonds is 9. The van der Waals surface area contributed by atoms with Crippen molar-refractivity contribution in [1.82, 2.24) is 5.32 Å². The normalized spacial score (nSPS) is 11.7. The van der Waals surface area contributed by atoms with Crippen LogP contribution in [-0.2, 0) is 10.5 Å². The Balaban J connectivity index is 1.91. The summed E-state index contributed by atoms with van der Waals surface area (Å²) in [5.74, 6) is 2.68. The first-order chi connectivity index (χ1) is 12.6. The fourth-order valence-corrected chi connectivity index (χ4v) is 3.58. The summed E-state index contributed by atoms with van der Waals surface area (Å²) in [6.45, 7) is 4.14. The predicted octanol–water partition coefficient (Wildman–Crippen LogP) is 4.51. The molecule has 0 aliphatic carbocycles. The Bertz CT molecular complexity index is 733. The highest BCUT2D eigenvalue weighted by molar-refractivity contribution is 7.99. The van der Waals surface area contributed by atoms with E-state index in [1.165, 1.54) is 11.1 Å². The number of nitrogens with one attached hydrogen (secondary N) is 1. The maximum atomic E-state index is 12.3. The van der Waals surface area contributed by atoms with Crippen LogP contribution in [0.4, 0.5) is 0 Å². The van der Waals surface area contributed by atoms with Crippen molar-refractivity contribution in [1.29, 1.82) is 0 Å². The van der Waals surface area contributed by atoms with Crippen molar-refractivity contribution < 1.29 is 14.3 Å². The molecule has 0 aliphatic heterocycles. The van der Waals surface area contributed by atoms with Gasteiger partial charge >= 0.3 is 0 Å². The third-order valence-electron chi connectivity index (χ3n) is 4.14. The standard InChI is InChI=1S/C21H27NO3S/c1-5-18(17-9-10-19(24-3)20(12-17)25-4)22-21(23)14-26-13-16-8-6-7-15(2)11-16/h6-12,18H,5,13-14H2,1-4H3,(H,22,23)/t18-/m1/s1. The number of ether oxygens (including phenoxy) is 2. The average Bonchev–Trinajstić information content (AvgIpc) is 2.65. The average molecular weight is 374 g/mol. The molecule has 1 amide bonds. The summed E-state index contributed by atoms with van der Waals surface area (Å²) in [6.07, 6.45) is 0.809. The zero-order valence-corrected chi connectivity index (χ0v) is 16.7. The van der Waals surface area contributed by atoms with E-state index in [1.807, 2.05) is 18.2 Å². The molecule has 1 atom stereocenters. The SMILES string of the molecule is CC[C@@H](NC(=O)CSCc1cccc(C)c1)c1ccc(OC)c(OC)c1. The van der Waals surface area contributed by atoms with Gasteiger partial charge < -0.3 is 14.8 Å². The van der Waals surface area contributed by atoms with Gasteiger partial charge in [-0.3, -0.25) is 4.79 Å². The second-order valence-corrected chi connectivity index (χ2v) is 7.11. The number of carbonyl (C=O) groups is 1. The van der Waals surface area contributed by atoms with Crippen molar-refractivity contribution >= 4 is 17.7 Å². The highest BCUT2D eigenvalue weighted by Gasteiger charge is 2.15. The lowest BCUT2D eigenvalue weighted by Gasteiger charge is -2.19. The zero-order valence-electron chi connectivity index (χ0n) is 15.9. The lowest BCUT2D eigenvalue weighted by Crippen LogP contribution is -2.29. The molecule has 0 aliphatic rings. The van der Waals surface area contributed by atoms with Gasteiger partial charge in [-0.2, -0.15) is 0 Å². The van der Waals surface area contributed by atoms with Gasteiger partial charge in [0.15, 0.2) is 11.5 Å². The van der Waals surface area contributed by atoms with Crippen LogP contribution in [0.3, 0.4) is 0 Å². The lowest BCUT2D eigenvalue weighted by molar-refractivity contribution is -0.119. The number of benzene rings is 2. The molecule has 1 N–H and O–H groups in total. The lowest BCUT2D eigenvalue weighted by atomic mass is 10.0. The summed E-state index contributed by atoms with van der Waals surface area (Å²) in [7, 11) is 3.23. The van der Waals surface area contributed by atoms with Crippen molar-refractivity contribution in [3.63, 3.8) is 0 Å². The Morgan fingerprint density at radius 1 is 1.12 bits per heavy atom. The van der Waals surface area contributed by atoms with Crippen LogP contribution in [0.5, 0.6) is 11.5 Å². The molecular formula is C21H27NO3S. The number of carbonyl (C=O) groups excluding carboxylic acids is 1. The maximum absolute atomic E-state index is 12.3. The summed E-state index contributed by atoms with van der Waals surface area (Å²) in [5, 5.41) is 3.11. The van der Waals surface area contributed by atoms with Crippen LogP contribution in [0.15, 0.2) is 42.5 Å². The van der Waals surface area contributed by atoms with Crippen molar-refractivity contribution in [3.8, 4) is 11.5 Å². The predicted molar refractivity (Wildman–Crippen MR) is 108 cm³/mol. The minimum absolute atomic E-state index is 0.0399. The molecule has 2 rings (SSSR count). The molecular weight excluding hydrogens is 346 g/mol. The zero-order chi connectivity index (χ0) is 18.9. The smallest absolute Gasteiger partial charge is 0.230 e. The van der Waals surface area contributed by atoms with Gasteiger partial charge in [-0.05, 0) is 36.6 Å². The molecule has 0 saturated heterocycles. The summed E-state index contributed by atoms with van der Waals surface area (Å²) in [4.78, 5) is 12.3. The molecule has 2 aromatic carbocycles. The Hall–Kier alpha value is -2.14. The Morgan fingerprint density at radius 2 is 1.88 bits per heavy atom. The minimum Gasteiger partial charge on any atom is -0.493 e.